The summed E-state index contributed by atoms with van der Waals surface area (Å²) in [7, 11) is 0. The van der Waals surface area contributed by atoms with E-state index in [0.717, 1.165) is 35.0 Å². The highest BCUT2D eigenvalue weighted by Crippen LogP contribution is 2.58. The molecular formula is C19H21N3O. The molecule has 0 saturated heterocycles. The van der Waals surface area contributed by atoms with Crippen molar-refractivity contribution in [2.75, 3.05) is 0 Å². The predicted molar refractivity (Wildman–Crippen MR) is 89.2 cm³/mol. The molecule has 23 heavy (non-hydrogen) atoms. The van der Waals surface area contributed by atoms with Gasteiger partial charge in [0.15, 0.2) is 0 Å². The average Bonchev–Trinajstić information content (AvgIpc) is 3.10. The maximum absolute atomic E-state index is 12.8. The summed E-state index contributed by atoms with van der Waals surface area (Å²) in [6.07, 6.45) is 13.9. The molecule has 0 amide bonds. The Balaban J connectivity index is 1.60. The van der Waals surface area contributed by atoms with Crippen LogP contribution >= 0.6 is 0 Å². The van der Waals surface area contributed by atoms with Crippen LogP contribution in [0.3, 0.4) is 0 Å². The SMILES string of the molecule is O=c1[nH]c2cnc3c(c2n1C1C2CC4CC(C2)CC1C4)C=CC3. The van der Waals surface area contributed by atoms with E-state index in [0.29, 0.717) is 17.9 Å². The van der Waals surface area contributed by atoms with Crippen LogP contribution in [-0.4, -0.2) is 14.5 Å². The van der Waals surface area contributed by atoms with Gasteiger partial charge in [-0.25, -0.2) is 4.79 Å². The van der Waals surface area contributed by atoms with E-state index in [9.17, 15) is 4.79 Å². The van der Waals surface area contributed by atoms with Gasteiger partial charge in [0.05, 0.1) is 22.9 Å². The van der Waals surface area contributed by atoms with Crippen LogP contribution in [0.4, 0.5) is 0 Å². The average molecular weight is 307 g/mol. The summed E-state index contributed by atoms with van der Waals surface area (Å²) in [6, 6.07) is 0.407. The number of allylic oxidation sites excluding steroid dienone is 1. The number of aromatic amines is 1. The molecule has 0 aromatic carbocycles. The van der Waals surface area contributed by atoms with Crippen molar-refractivity contribution in [1.29, 1.82) is 0 Å². The third-order valence-corrected chi connectivity index (χ3v) is 6.94. The highest BCUT2D eigenvalue weighted by Gasteiger charge is 2.49. The van der Waals surface area contributed by atoms with Crippen molar-refractivity contribution in [3.63, 3.8) is 0 Å². The Morgan fingerprint density at radius 3 is 2.57 bits per heavy atom. The van der Waals surface area contributed by atoms with Crippen LogP contribution in [0.1, 0.15) is 49.4 Å². The van der Waals surface area contributed by atoms with Crippen molar-refractivity contribution in [2.45, 2.75) is 44.6 Å². The number of hydrogen-bond acceptors (Lipinski definition) is 2. The van der Waals surface area contributed by atoms with Gasteiger partial charge in [-0.05, 0) is 55.8 Å². The van der Waals surface area contributed by atoms with E-state index in [2.05, 4.69) is 26.7 Å². The molecule has 4 heteroatoms. The molecule has 7 rings (SSSR count). The van der Waals surface area contributed by atoms with Crippen LogP contribution in [0, 0.1) is 23.7 Å². The molecule has 0 spiro atoms. The van der Waals surface area contributed by atoms with Crippen LogP contribution < -0.4 is 5.69 Å². The van der Waals surface area contributed by atoms with Crippen molar-refractivity contribution in [3.8, 4) is 0 Å². The third-order valence-electron chi connectivity index (χ3n) is 6.94. The van der Waals surface area contributed by atoms with Crippen LogP contribution in [0.15, 0.2) is 17.1 Å². The molecule has 5 aliphatic carbocycles. The van der Waals surface area contributed by atoms with Gasteiger partial charge in [0.2, 0.25) is 0 Å². The molecule has 2 aromatic heterocycles. The van der Waals surface area contributed by atoms with E-state index in [4.69, 9.17) is 0 Å². The number of nitrogens with one attached hydrogen (secondary N) is 1. The molecule has 0 unspecified atom stereocenters. The van der Waals surface area contributed by atoms with Gasteiger partial charge in [-0.3, -0.25) is 9.55 Å². The number of pyridine rings is 1. The number of nitrogens with zero attached hydrogens (tertiary/aromatic N) is 2. The number of rotatable bonds is 1. The molecule has 2 heterocycles. The first kappa shape index (κ1) is 12.6. The maximum atomic E-state index is 12.8. The van der Waals surface area contributed by atoms with Crippen molar-refractivity contribution in [2.24, 2.45) is 23.7 Å². The molecule has 1 N–H and O–H groups in total. The number of fused-ring (bicyclic) bond motifs is 3. The predicted octanol–water partition coefficient (Wildman–Crippen LogP) is 3.29. The second kappa shape index (κ2) is 4.16. The van der Waals surface area contributed by atoms with Crippen LogP contribution in [0.2, 0.25) is 0 Å². The van der Waals surface area contributed by atoms with E-state index in [-0.39, 0.29) is 5.69 Å². The fraction of sp³-hybridized carbons (Fsp3) is 0.579. The Bertz CT molecular complexity index is 875. The van der Waals surface area contributed by atoms with Crippen molar-refractivity contribution < 1.29 is 0 Å². The quantitative estimate of drug-likeness (QED) is 0.879. The van der Waals surface area contributed by atoms with E-state index in [1.54, 1.807) is 0 Å². The largest absolute Gasteiger partial charge is 0.326 e. The number of hydrogen-bond donors (Lipinski definition) is 1. The minimum Gasteiger partial charge on any atom is -0.304 e. The van der Waals surface area contributed by atoms with Gasteiger partial charge in [0.25, 0.3) is 0 Å². The first-order valence-corrected chi connectivity index (χ1v) is 9.06. The molecule has 4 nitrogen and oxygen atoms in total. The lowest BCUT2D eigenvalue weighted by atomic mass is 9.54. The van der Waals surface area contributed by atoms with Gasteiger partial charge >= 0.3 is 5.69 Å². The zero-order valence-corrected chi connectivity index (χ0v) is 13.2. The van der Waals surface area contributed by atoms with Gasteiger partial charge < -0.3 is 4.98 Å². The fourth-order valence-corrected chi connectivity index (χ4v) is 6.41. The van der Waals surface area contributed by atoms with Crippen LogP contribution in [0.25, 0.3) is 17.1 Å². The molecule has 4 bridgehead atoms. The molecule has 4 fully saturated rings. The van der Waals surface area contributed by atoms with Gasteiger partial charge in [-0.2, -0.15) is 0 Å². The third kappa shape index (κ3) is 1.57. The van der Waals surface area contributed by atoms with Gasteiger partial charge in [-0.1, -0.05) is 12.2 Å². The Labute approximate surface area is 134 Å². The normalized spacial score (nSPS) is 37.0. The summed E-state index contributed by atoms with van der Waals surface area (Å²) in [6.45, 7) is 0. The maximum Gasteiger partial charge on any atom is 0.326 e. The van der Waals surface area contributed by atoms with Gasteiger partial charge in [0.1, 0.15) is 0 Å². The summed E-state index contributed by atoms with van der Waals surface area (Å²) in [5.74, 6) is 3.28. The monoisotopic (exact) mass is 307 g/mol. The highest BCUT2D eigenvalue weighted by atomic mass is 16.1. The summed E-state index contributed by atoms with van der Waals surface area (Å²) in [5.41, 5.74) is 4.40. The Hall–Kier alpha value is -1.84. The standard InChI is InChI=1S/C19H21N3O/c23-19-21-16-9-20-15-3-1-2-14(15)18(16)22(19)17-12-5-10-4-11(7-12)8-13(17)6-10/h1-2,9-13,17H,3-8H2,(H,21,23). The number of imidazole rings is 1. The molecule has 0 radical (unpaired) electrons. The summed E-state index contributed by atoms with van der Waals surface area (Å²) < 4.78 is 2.14. The van der Waals surface area contributed by atoms with Gasteiger partial charge in [0, 0.05) is 18.0 Å². The highest BCUT2D eigenvalue weighted by molar-refractivity contribution is 5.87. The fourth-order valence-electron chi connectivity index (χ4n) is 6.41. The van der Waals surface area contributed by atoms with Crippen LogP contribution in [-0.2, 0) is 6.42 Å². The van der Waals surface area contributed by atoms with E-state index in [1.165, 1.54) is 37.7 Å². The van der Waals surface area contributed by atoms with E-state index in [1.807, 2.05) is 6.20 Å². The summed E-state index contributed by atoms with van der Waals surface area (Å²) >= 11 is 0. The first-order chi connectivity index (χ1) is 11.3. The van der Waals surface area contributed by atoms with Crippen molar-refractivity contribution >= 4 is 17.1 Å². The lowest BCUT2D eigenvalue weighted by Gasteiger charge is -2.54. The Morgan fingerprint density at radius 2 is 1.83 bits per heavy atom. The van der Waals surface area contributed by atoms with Crippen LogP contribution in [0.5, 0.6) is 0 Å². The number of aromatic nitrogens is 3. The molecule has 4 saturated carbocycles. The van der Waals surface area contributed by atoms with E-state index < -0.39 is 0 Å². The number of H-pyrrole nitrogens is 1. The minimum atomic E-state index is 0.0768. The summed E-state index contributed by atoms with van der Waals surface area (Å²) in [5, 5.41) is 0. The van der Waals surface area contributed by atoms with Crippen molar-refractivity contribution in [1.82, 2.24) is 14.5 Å². The molecule has 0 aliphatic heterocycles. The summed E-state index contributed by atoms with van der Waals surface area (Å²) in [4.78, 5) is 20.4. The lowest BCUT2D eigenvalue weighted by molar-refractivity contribution is -0.0287. The zero-order chi connectivity index (χ0) is 15.1. The topological polar surface area (TPSA) is 50.7 Å². The minimum absolute atomic E-state index is 0.0768. The Kier molecular flexibility index (Phi) is 2.27. The smallest absolute Gasteiger partial charge is 0.304 e. The molecular weight excluding hydrogens is 286 g/mol. The second-order valence-corrected chi connectivity index (χ2v) is 8.21. The Morgan fingerprint density at radius 1 is 1.09 bits per heavy atom. The molecule has 5 aliphatic rings. The molecule has 0 atom stereocenters. The molecule has 2 aromatic rings. The van der Waals surface area contributed by atoms with Gasteiger partial charge in [-0.15, -0.1) is 0 Å². The zero-order valence-electron chi connectivity index (χ0n) is 13.2. The van der Waals surface area contributed by atoms with E-state index >= 15 is 0 Å². The lowest BCUT2D eigenvalue weighted by Crippen LogP contribution is -2.47. The second-order valence-electron chi connectivity index (χ2n) is 8.21. The molecule has 118 valence electrons. The van der Waals surface area contributed by atoms with Crippen molar-refractivity contribution in [3.05, 3.63) is 34.0 Å². The first-order valence-electron chi connectivity index (χ1n) is 9.06.